The van der Waals surface area contributed by atoms with Gasteiger partial charge in [-0.15, -0.1) is 0 Å². The van der Waals surface area contributed by atoms with Gasteiger partial charge >= 0.3 is 0 Å². The minimum Gasteiger partial charge on any atom is -0.493 e. The number of hydrogen-bond donors (Lipinski definition) is 0. The molecule has 0 heterocycles. The molecule has 0 saturated heterocycles. The van der Waals surface area contributed by atoms with Crippen LogP contribution in [0.1, 0.15) is 20.8 Å². The van der Waals surface area contributed by atoms with Gasteiger partial charge in [0, 0.05) is 12.1 Å². The van der Waals surface area contributed by atoms with Crippen LogP contribution in [-0.2, 0) is 14.3 Å². The summed E-state index contributed by atoms with van der Waals surface area (Å²) in [6, 6.07) is 2.69. The second-order valence-electron chi connectivity index (χ2n) is 5.64. The van der Waals surface area contributed by atoms with Crippen molar-refractivity contribution in [1.82, 2.24) is 0 Å². The molecule has 1 aromatic rings. The topological polar surface area (TPSA) is 71.1 Å². The summed E-state index contributed by atoms with van der Waals surface area (Å²) in [5.74, 6) is 0.847. The molecule has 120 valence electrons. The van der Waals surface area contributed by atoms with E-state index in [0.717, 1.165) is 0 Å². The molecule has 0 aliphatic carbocycles. The Kier molecular flexibility index (Phi) is 5.47. The zero-order chi connectivity index (χ0) is 16.3. The maximum atomic E-state index is 12.2. The molecular weight excluding hydrogens is 296 g/mol. The third kappa shape index (κ3) is 4.50. The number of ether oxygens (including phenoxy) is 3. The smallest absolute Gasteiger partial charge is 0.297 e. The predicted octanol–water partition coefficient (Wildman–Crippen LogP) is 2.46. The van der Waals surface area contributed by atoms with Crippen molar-refractivity contribution in [2.75, 3.05) is 27.9 Å². The first-order valence-electron chi connectivity index (χ1n) is 6.34. The standard InChI is InChI=1S/C14H22O6S/c1-14(2,3)9-20-21(15,16)10-7-11(17-4)13(19-6)12(8-10)18-5/h7-8H,9H2,1-6H3. The molecule has 21 heavy (non-hydrogen) atoms. The van der Waals surface area contributed by atoms with Crippen molar-refractivity contribution in [2.45, 2.75) is 25.7 Å². The summed E-state index contributed by atoms with van der Waals surface area (Å²) in [4.78, 5) is -0.0405. The third-order valence-electron chi connectivity index (χ3n) is 2.57. The van der Waals surface area contributed by atoms with E-state index in [1.807, 2.05) is 20.8 Å². The normalized spacial score (nSPS) is 12.1. The van der Waals surface area contributed by atoms with Crippen LogP contribution in [0.25, 0.3) is 0 Å². The summed E-state index contributed by atoms with van der Waals surface area (Å²) in [7, 11) is 0.391. The van der Waals surface area contributed by atoms with Gasteiger partial charge in [0.1, 0.15) is 4.90 Å². The van der Waals surface area contributed by atoms with Crippen molar-refractivity contribution in [3.63, 3.8) is 0 Å². The van der Waals surface area contributed by atoms with E-state index in [1.54, 1.807) is 0 Å². The zero-order valence-electron chi connectivity index (χ0n) is 13.2. The van der Waals surface area contributed by atoms with Gasteiger partial charge < -0.3 is 14.2 Å². The molecule has 0 N–H and O–H groups in total. The number of hydrogen-bond acceptors (Lipinski definition) is 6. The number of methoxy groups -OCH3 is 3. The molecule has 7 heteroatoms. The van der Waals surface area contributed by atoms with Crippen LogP contribution in [0, 0.1) is 5.41 Å². The van der Waals surface area contributed by atoms with E-state index < -0.39 is 10.1 Å². The van der Waals surface area contributed by atoms with Gasteiger partial charge in [0.15, 0.2) is 11.5 Å². The zero-order valence-corrected chi connectivity index (χ0v) is 14.0. The van der Waals surface area contributed by atoms with Gasteiger partial charge in [-0.3, -0.25) is 4.18 Å². The first-order chi connectivity index (χ1) is 9.64. The van der Waals surface area contributed by atoms with Gasteiger partial charge in [-0.05, 0) is 5.41 Å². The highest BCUT2D eigenvalue weighted by atomic mass is 32.2. The molecule has 1 rings (SSSR count). The number of rotatable bonds is 6. The summed E-state index contributed by atoms with van der Waals surface area (Å²) in [5.41, 5.74) is -0.270. The summed E-state index contributed by atoms with van der Waals surface area (Å²) >= 11 is 0. The van der Waals surface area contributed by atoms with Crippen LogP contribution in [0.5, 0.6) is 17.2 Å². The molecule has 0 aromatic heterocycles. The minimum atomic E-state index is -3.90. The Morgan fingerprint density at radius 2 is 1.43 bits per heavy atom. The largest absolute Gasteiger partial charge is 0.493 e. The average Bonchev–Trinajstić information content (AvgIpc) is 2.42. The van der Waals surface area contributed by atoms with Crippen molar-refractivity contribution in [2.24, 2.45) is 5.41 Å². The fourth-order valence-corrected chi connectivity index (χ4v) is 2.67. The van der Waals surface area contributed by atoms with Gasteiger partial charge in [0.2, 0.25) is 5.75 Å². The van der Waals surface area contributed by atoms with Crippen LogP contribution >= 0.6 is 0 Å². The first kappa shape index (κ1) is 17.6. The first-order valence-corrected chi connectivity index (χ1v) is 7.75. The summed E-state index contributed by atoms with van der Waals surface area (Å²) in [6.07, 6.45) is 0. The maximum Gasteiger partial charge on any atom is 0.297 e. The Morgan fingerprint density at radius 1 is 0.952 bits per heavy atom. The van der Waals surface area contributed by atoms with Crippen LogP contribution in [0.2, 0.25) is 0 Å². The van der Waals surface area contributed by atoms with Crippen LogP contribution < -0.4 is 14.2 Å². The molecule has 0 aliphatic heterocycles. The number of benzene rings is 1. The van der Waals surface area contributed by atoms with Gasteiger partial charge in [-0.2, -0.15) is 8.42 Å². The van der Waals surface area contributed by atoms with Crippen LogP contribution in [0.3, 0.4) is 0 Å². The van der Waals surface area contributed by atoms with Crippen LogP contribution in [-0.4, -0.2) is 36.4 Å². The van der Waals surface area contributed by atoms with E-state index in [4.69, 9.17) is 18.4 Å². The lowest BCUT2D eigenvalue weighted by Gasteiger charge is -2.18. The van der Waals surface area contributed by atoms with E-state index in [1.165, 1.54) is 33.5 Å². The van der Waals surface area contributed by atoms with E-state index in [-0.39, 0.29) is 28.4 Å². The molecule has 0 spiro atoms. The highest BCUT2D eigenvalue weighted by Gasteiger charge is 2.24. The summed E-state index contributed by atoms with van der Waals surface area (Å²) in [5, 5.41) is 0. The van der Waals surface area contributed by atoms with E-state index in [0.29, 0.717) is 5.75 Å². The van der Waals surface area contributed by atoms with E-state index in [2.05, 4.69) is 0 Å². The van der Waals surface area contributed by atoms with Gasteiger partial charge in [-0.25, -0.2) is 0 Å². The van der Waals surface area contributed by atoms with Crippen molar-refractivity contribution in [3.05, 3.63) is 12.1 Å². The van der Waals surface area contributed by atoms with E-state index >= 15 is 0 Å². The molecule has 0 bridgehead atoms. The molecule has 6 nitrogen and oxygen atoms in total. The molecule has 1 aromatic carbocycles. The van der Waals surface area contributed by atoms with Crippen molar-refractivity contribution in [3.8, 4) is 17.2 Å². The lowest BCUT2D eigenvalue weighted by molar-refractivity contribution is 0.203. The monoisotopic (exact) mass is 318 g/mol. The Morgan fingerprint density at radius 3 is 1.76 bits per heavy atom. The highest BCUT2D eigenvalue weighted by Crippen LogP contribution is 2.39. The lowest BCUT2D eigenvalue weighted by atomic mass is 9.99. The molecule has 0 unspecified atom stereocenters. The second-order valence-corrected chi connectivity index (χ2v) is 7.25. The Labute approximate surface area is 126 Å². The lowest BCUT2D eigenvalue weighted by Crippen LogP contribution is -2.18. The van der Waals surface area contributed by atoms with Gasteiger partial charge in [-0.1, -0.05) is 20.8 Å². The average molecular weight is 318 g/mol. The van der Waals surface area contributed by atoms with Crippen molar-refractivity contribution >= 4 is 10.1 Å². The molecule has 0 saturated carbocycles. The molecule has 0 radical (unpaired) electrons. The van der Waals surface area contributed by atoms with Crippen molar-refractivity contribution < 1.29 is 26.8 Å². The second kappa shape index (κ2) is 6.53. The van der Waals surface area contributed by atoms with Crippen LogP contribution in [0.4, 0.5) is 0 Å². The molecule has 0 amide bonds. The molecule has 0 aliphatic rings. The van der Waals surface area contributed by atoms with Crippen molar-refractivity contribution in [1.29, 1.82) is 0 Å². The Bertz CT molecular complexity index is 561. The molecule has 0 atom stereocenters. The highest BCUT2D eigenvalue weighted by molar-refractivity contribution is 7.86. The third-order valence-corrected chi connectivity index (χ3v) is 3.82. The Balaban J connectivity index is 3.24. The summed E-state index contributed by atoms with van der Waals surface area (Å²) in [6.45, 7) is 5.74. The quantitative estimate of drug-likeness (QED) is 0.750. The van der Waals surface area contributed by atoms with Gasteiger partial charge in [0.25, 0.3) is 10.1 Å². The molecule has 0 fully saturated rings. The minimum absolute atomic E-state index is 0.0405. The fraction of sp³-hybridized carbons (Fsp3) is 0.571. The SMILES string of the molecule is COc1cc(S(=O)(=O)OCC(C)(C)C)cc(OC)c1OC. The fourth-order valence-electron chi connectivity index (χ4n) is 1.52. The maximum absolute atomic E-state index is 12.2. The predicted molar refractivity (Wildman–Crippen MR) is 78.7 cm³/mol. The summed E-state index contributed by atoms with van der Waals surface area (Å²) < 4.78 is 45.0. The molecular formula is C14H22O6S. The Hall–Kier alpha value is -1.47. The van der Waals surface area contributed by atoms with Crippen LogP contribution in [0.15, 0.2) is 17.0 Å². The van der Waals surface area contributed by atoms with E-state index in [9.17, 15) is 8.42 Å². The van der Waals surface area contributed by atoms with Gasteiger partial charge in [0.05, 0.1) is 27.9 Å².